The molecule has 1 aliphatic heterocycles. The number of rotatable bonds is 5. The van der Waals surface area contributed by atoms with E-state index in [1.54, 1.807) is 19.1 Å². The molecule has 106 valence electrons. The van der Waals surface area contributed by atoms with E-state index in [2.05, 4.69) is 9.62 Å². The molecule has 0 spiro atoms. The van der Waals surface area contributed by atoms with Crippen LogP contribution in [-0.4, -0.2) is 34.6 Å². The van der Waals surface area contributed by atoms with Gasteiger partial charge in [0, 0.05) is 25.3 Å². The first-order valence-corrected chi connectivity index (χ1v) is 8.10. The van der Waals surface area contributed by atoms with E-state index in [-0.39, 0.29) is 0 Å². The van der Waals surface area contributed by atoms with Gasteiger partial charge in [-0.05, 0) is 43.1 Å². The third kappa shape index (κ3) is 3.26. The lowest BCUT2D eigenvalue weighted by molar-refractivity contribution is 0.584. The van der Waals surface area contributed by atoms with Crippen LogP contribution in [0.1, 0.15) is 13.3 Å². The molecule has 0 radical (unpaired) electrons. The van der Waals surface area contributed by atoms with Gasteiger partial charge < -0.3 is 10.6 Å². The van der Waals surface area contributed by atoms with Crippen LogP contribution in [0.3, 0.4) is 0 Å². The molecule has 1 atom stereocenters. The summed E-state index contributed by atoms with van der Waals surface area (Å²) in [6.07, 6.45) is 1.11. The maximum absolute atomic E-state index is 11.8. The zero-order valence-electron chi connectivity index (χ0n) is 11.2. The van der Waals surface area contributed by atoms with Gasteiger partial charge in [-0.15, -0.1) is 0 Å². The standard InChI is InChI=1S/C13H21N3O2S/c1-2-15-19(17,18)13-5-3-12(4-6-13)16-8-7-11(9-14)10-16/h3-6,11,15H,2,7-10,14H2,1H3. The van der Waals surface area contributed by atoms with E-state index < -0.39 is 10.0 Å². The highest BCUT2D eigenvalue weighted by Gasteiger charge is 2.21. The second-order valence-corrected chi connectivity index (χ2v) is 6.60. The van der Waals surface area contributed by atoms with Crippen LogP contribution in [0.4, 0.5) is 5.69 Å². The van der Waals surface area contributed by atoms with Crippen molar-refractivity contribution in [3.63, 3.8) is 0 Å². The number of nitrogens with two attached hydrogens (primary N) is 1. The molecule has 2 rings (SSSR count). The molecule has 1 heterocycles. The lowest BCUT2D eigenvalue weighted by Crippen LogP contribution is -2.24. The van der Waals surface area contributed by atoms with Crippen LogP contribution in [0.25, 0.3) is 0 Å². The van der Waals surface area contributed by atoms with Gasteiger partial charge in [-0.3, -0.25) is 0 Å². The molecule has 1 unspecified atom stereocenters. The second-order valence-electron chi connectivity index (χ2n) is 4.83. The highest BCUT2D eigenvalue weighted by molar-refractivity contribution is 7.89. The highest BCUT2D eigenvalue weighted by atomic mass is 32.2. The first-order chi connectivity index (χ1) is 9.06. The van der Waals surface area contributed by atoms with E-state index in [9.17, 15) is 8.42 Å². The minimum Gasteiger partial charge on any atom is -0.371 e. The quantitative estimate of drug-likeness (QED) is 0.837. The predicted octanol–water partition coefficient (Wildman–Crippen LogP) is 0.770. The zero-order valence-corrected chi connectivity index (χ0v) is 12.0. The van der Waals surface area contributed by atoms with Crippen LogP contribution in [-0.2, 0) is 10.0 Å². The van der Waals surface area contributed by atoms with Crippen molar-refractivity contribution in [2.45, 2.75) is 18.2 Å². The normalized spacial score (nSPS) is 19.9. The molecule has 1 aromatic carbocycles. The molecule has 0 bridgehead atoms. The first-order valence-electron chi connectivity index (χ1n) is 6.61. The van der Waals surface area contributed by atoms with Gasteiger partial charge in [0.2, 0.25) is 10.0 Å². The minimum atomic E-state index is -3.35. The van der Waals surface area contributed by atoms with Crippen LogP contribution >= 0.6 is 0 Å². The molecule has 0 amide bonds. The van der Waals surface area contributed by atoms with Gasteiger partial charge in [0.15, 0.2) is 0 Å². The minimum absolute atomic E-state index is 0.313. The van der Waals surface area contributed by atoms with Crippen molar-refractivity contribution in [2.24, 2.45) is 11.7 Å². The smallest absolute Gasteiger partial charge is 0.240 e. The SMILES string of the molecule is CCNS(=O)(=O)c1ccc(N2CCC(CN)C2)cc1. The molecule has 6 heteroatoms. The zero-order chi connectivity index (χ0) is 13.9. The lowest BCUT2D eigenvalue weighted by atomic mass is 10.1. The van der Waals surface area contributed by atoms with Crippen molar-refractivity contribution < 1.29 is 8.42 Å². The third-order valence-corrected chi connectivity index (χ3v) is 5.03. The summed E-state index contributed by atoms with van der Waals surface area (Å²) in [4.78, 5) is 2.56. The molecule has 0 saturated carbocycles. The molecule has 1 saturated heterocycles. The Morgan fingerprint density at radius 1 is 1.37 bits per heavy atom. The largest absolute Gasteiger partial charge is 0.371 e. The van der Waals surface area contributed by atoms with E-state index >= 15 is 0 Å². The summed E-state index contributed by atoms with van der Waals surface area (Å²) in [5.74, 6) is 0.546. The number of nitrogens with one attached hydrogen (secondary N) is 1. The number of hydrogen-bond donors (Lipinski definition) is 2. The average molecular weight is 283 g/mol. The maximum Gasteiger partial charge on any atom is 0.240 e. The van der Waals surface area contributed by atoms with Crippen LogP contribution in [0.2, 0.25) is 0 Å². The number of hydrogen-bond acceptors (Lipinski definition) is 4. The summed E-state index contributed by atoms with van der Waals surface area (Å²) in [5, 5.41) is 0. The molecule has 1 aliphatic rings. The number of nitrogens with zero attached hydrogens (tertiary/aromatic N) is 1. The van der Waals surface area contributed by atoms with Gasteiger partial charge in [-0.1, -0.05) is 6.92 Å². The van der Waals surface area contributed by atoms with Gasteiger partial charge in [-0.25, -0.2) is 13.1 Å². The molecular formula is C13H21N3O2S. The van der Waals surface area contributed by atoms with Crippen molar-refractivity contribution in [3.05, 3.63) is 24.3 Å². The van der Waals surface area contributed by atoms with Crippen LogP contribution in [0.5, 0.6) is 0 Å². The monoisotopic (exact) mass is 283 g/mol. The van der Waals surface area contributed by atoms with Gasteiger partial charge >= 0.3 is 0 Å². The number of anilines is 1. The highest BCUT2D eigenvalue weighted by Crippen LogP contribution is 2.24. The summed E-state index contributed by atoms with van der Waals surface area (Å²) in [6.45, 7) is 4.82. The molecule has 19 heavy (non-hydrogen) atoms. The fraction of sp³-hybridized carbons (Fsp3) is 0.538. The molecule has 0 aliphatic carbocycles. The summed E-state index contributed by atoms with van der Waals surface area (Å²) in [6, 6.07) is 7.04. The number of sulfonamides is 1. The first kappa shape index (κ1) is 14.3. The van der Waals surface area contributed by atoms with Crippen molar-refractivity contribution in [1.29, 1.82) is 0 Å². The Kier molecular flexibility index (Phi) is 4.44. The van der Waals surface area contributed by atoms with Gasteiger partial charge in [-0.2, -0.15) is 0 Å². The lowest BCUT2D eigenvalue weighted by Gasteiger charge is -2.18. The predicted molar refractivity (Wildman–Crippen MR) is 76.7 cm³/mol. The fourth-order valence-electron chi connectivity index (χ4n) is 2.37. The Morgan fingerprint density at radius 3 is 2.58 bits per heavy atom. The number of benzene rings is 1. The van der Waals surface area contributed by atoms with Crippen LogP contribution in [0, 0.1) is 5.92 Å². The summed E-state index contributed by atoms with van der Waals surface area (Å²) in [5.41, 5.74) is 6.74. The molecular weight excluding hydrogens is 262 g/mol. The Morgan fingerprint density at radius 2 is 2.05 bits per heavy atom. The average Bonchev–Trinajstić information content (AvgIpc) is 2.87. The molecule has 3 N–H and O–H groups in total. The summed E-state index contributed by atoms with van der Waals surface area (Å²) in [7, 11) is -3.35. The Balaban J connectivity index is 2.11. The van der Waals surface area contributed by atoms with E-state index in [1.165, 1.54) is 0 Å². The maximum atomic E-state index is 11.8. The molecule has 1 aromatic rings. The molecule has 5 nitrogen and oxygen atoms in total. The molecule has 1 fully saturated rings. The van der Waals surface area contributed by atoms with E-state index in [0.717, 1.165) is 25.2 Å². The second kappa shape index (κ2) is 5.90. The fourth-order valence-corrected chi connectivity index (χ4v) is 3.41. The van der Waals surface area contributed by atoms with Crippen molar-refractivity contribution in [3.8, 4) is 0 Å². The topological polar surface area (TPSA) is 75.4 Å². The van der Waals surface area contributed by atoms with Crippen molar-refractivity contribution in [1.82, 2.24) is 4.72 Å². The Hall–Kier alpha value is -1.11. The van der Waals surface area contributed by atoms with E-state index in [4.69, 9.17) is 5.73 Å². The van der Waals surface area contributed by atoms with Gasteiger partial charge in [0.25, 0.3) is 0 Å². The van der Waals surface area contributed by atoms with Crippen LogP contribution in [0.15, 0.2) is 29.2 Å². The summed E-state index contributed by atoms with van der Waals surface area (Å²) < 4.78 is 26.1. The van der Waals surface area contributed by atoms with Crippen molar-refractivity contribution in [2.75, 3.05) is 31.1 Å². The van der Waals surface area contributed by atoms with Gasteiger partial charge in [0.05, 0.1) is 4.90 Å². The Labute approximate surface area is 114 Å². The third-order valence-electron chi connectivity index (χ3n) is 3.47. The Bertz CT molecular complexity index is 513. The van der Waals surface area contributed by atoms with Crippen LogP contribution < -0.4 is 15.4 Å². The molecule has 0 aromatic heterocycles. The van der Waals surface area contributed by atoms with E-state index in [1.807, 2.05) is 12.1 Å². The van der Waals surface area contributed by atoms with Crippen molar-refractivity contribution >= 4 is 15.7 Å². The van der Waals surface area contributed by atoms with Gasteiger partial charge in [0.1, 0.15) is 0 Å². The summed E-state index contributed by atoms with van der Waals surface area (Å²) >= 11 is 0. The van der Waals surface area contributed by atoms with E-state index in [0.29, 0.717) is 23.9 Å².